The van der Waals surface area contributed by atoms with E-state index in [2.05, 4.69) is 20.1 Å². The number of carboxylic acids is 2. The molecule has 0 aliphatic rings. The van der Waals surface area contributed by atoms with Gasteiger partial charge in [0, 0.05) is 0 Å². The molecule has 4 nitrogen and oxygen atoms in total. The molecule has 0 aromatic heterocycles. The van der Waals surface area contributed by atoms with Crippen LogP contribution in [0.5, 0.6) is 0 Å². The maximum atomic E-state index is 9.14. The van der Waals surface area contributed by atoms with Crippen molar-refractivity contribution in [2.75, 3.05) is 0 Å². The minimum absolute atomic E-state index is 0. The van der Waals surface area contributed by atoms with Crippen LogP contribution in [0.3, 0.4) is 0 Å². The van der Waals surface area contributed by atoms with Crippen LogP contribution < -0.4 is 10.2 Å². The first-order chi connectivity index (χ1) is 5.54. The van der Waals surface area contributed by atoms with Gasteiger partial charge in [0.05, 0.1) is 11.9 Å². The van der Waals surface area contributed by atoms with Crippen molar-refractivity contribution >= 4 is 11.9 Å². The summed E-state index contributed by atoms with van der Waals surface area (Å²) in [5.41, 5.74) is 0. The molecule has 0 spiro atoms. The molecule has 0 heterocycles. The second kappa shape index (κ2) is 22.5. The molecule has 0 saturated carbocycles. The van der Waals surface area contributed by atoms with Crippen LogP contribution in [0.2, 0.25) is 0 Å². The van der Waals surface area contributed by atoms with Gasteiger partial charge in [-0.1, -0.05) is 13.2 Å². The summed E-state index contributed by atoms with van der Waals surface area (Å²) in [6.07, 6.45) is 1.44. The van der Waals surface area contributed by atoms with Gasteiger partial charge in [-0.3, -0.25) is 0 Å². The van der Waals surface area contributed by atoms with Gasteiger partial charge in [0.25, 0.3) is 0 Å². The summed E-state index contributed by atoms with van der Waals surface area (Å²) in [6.45, 7) is 10.8. The van der Waals surface area contributed by atoms with E-state index in [-0.39, 0.29) is 19.5 Å². The minimum atomic E-state index is -1.23. The molecule has 0 saturated heterocycles. The molecule has 0 aromatic rings. The van der Waals surface area contributed by atoms with E-state index in [9.17, 15) is 0 Å². The van der Waals surface area contributed by atoms with Crippen molar-refractivity contribution in [3.05, 3.63) is 32.2 Å². The SMILES string of the molecule is C=CC(=O)[O-].C=CC(=O)[O-].[CH2-]C.[Ru+3]. The number of aliphatic carboxylic acids is 2. The Hall–Kier alpha value is -0.957. The van der Waals surface area contributed by atoms with E-state index >= 15 is 0 Å². The third-order valence-electron chi connectivity index (χ3n) is 0.333. The van der Waals surface area contributed by atoms with E-state index in [0.717, 1.165) is 12.2 Å². The van der Waals surface area contributed by atoms with Gasteiger partial charge in [-0.15, -0.1) is 0 Å². The minimum Gasteiger partial charge on any atom is -0.545 e. The average molecular weight is 272 g/mol. The Morgan fingerprint density at radius 2 is 1.15 bits per heavy atom. The van der Waals surface area contributed by atoms with Gasteiger partial charge in [-0.25, -0.2) is 0 Å². The number of hydrogen-bond acceptors (Lipinski definition) is 4. The number of carboxylic acid groups (broad SMARTS) is 2. The molecule has 13 heavy (non-hydrogen) atoms. The molecule has 1 radical (unpaired) electrons. The second-order valence-corrected chi connectivity index (χ2v) is 1.05. The summed E-state index contributed by atoms with van der Waals surface area (Å²) in [6, 6.07) is 0. The normalized spacial score (nSPS) is 5.38. The Morgan fingerprint density at radius 1 is 1.08 bits per heavy atom. The molecule has 0 bridgehead atoms. The molecule has 0 N–H and O–H groups in total. The van der Waals surface area contributed by atoms with E-state index < -0.39 is 11.9 Å². The fourth-order valence-electron chi connectivity index (χ4n) is 0. The Balaban J connectivity index is -0.0000000491. The Kier molecular flexibility index (Phi) is 39.2. The number of rotatable bonds is 2. The molecular weight excluding hydrogens is 261 g/mol. The first-order valence-electron chi connectivity index (χ1n) is 2.92. The molecule has 0 aliphatic heterocycles. The van der Waals surface area contributed by atoms with Crippen LogP contribution in [-0.2, 0) is 29.1 Å². The van der Waals surface area contributed by atoms with Crippen LogP contribution in [0.15, 0.2) is 25.3 Å². The predicted molar refractivity (Wildman–Crippen MR) is 41.4 cm³/mol. The van der Waals surface area contributed by atoms with E-state index in [1.807, 2.05) is 0 Å². The van der Waals surface area contributed by atoms with Crippen molar-refractivity contribution < 1.29 is 39.3 Å². The Bertz CT molecular complexity index is 136. The first kappa shape index (κ1) is 22.7. The van der Waals surface area contributed by atoms with E-state index in [0.29, 0.717) is 0 Å². The van der Waals surface area contributed by atoms with Crippen molar-refractivity contribution in [3.8, 4) is 0 Å². The zero-order valence-corrected chi connectivity index (χ0v) is 9.00. The first-order valence-corrected chi connectivity index (χ1v) is 2.92. The summed E-state index contributed by atoms with van der Waals surface area (Å²) in [4.78, 5) is 18.3. The summed E-state index contributed by atoms with van der Waals surface area (Å²) in [5.74, 6) is -2.46. The van der Waals surface area contributed by atoms with E-state index in [1.54, 1.807) is 6.92 Å². The largest absolute Gasteiger partial charge is 3.00 e. The summed E-state index contributed by atoms with van der Waals surface area (Å²) in [7, 11) is 0. The number of carbonyl (C=O) groups is 2. The molecule has 75 valence electrons. The van der Waals surface area contributed by atoms with Crippen LogP contribution in [0.4, 0.5) is 0 Å². The zero-order valence-electron chi connectivity index (χ0n) is 7.26. The summed E-state index contributed by atoms with van der Waals surface area (Å²) in [5, 5.41) is 18.3. The third-order valence-corrected chi connectivity index (χ3v) is 0.333. The van der Waals surface area contributed by atoms with E-state index in [4.69, 9.17) is 19.8 Å². The van der Waals surface area contributed by atoms with Gasteiger partial charge >= 0.3 is 19.5 Å². The smallest absolute Gasteiger partial charge is 0.545 e. The fraction of sp³-hybridized carbons (Fsp3) is 0.125. The van der Waals surface area contributed by atoms with Gasteiger partial charge in [0.1, 0.15) is 0 Å². The van der Waals surface area contributed by atoms with Crippen molar-refractivity contribution in [1.82, 2.24) is 0 Å². The monoisotopic (exact) mass is 273 g/mol. The molecule has 0 rings (SSSR count). The second-order valence-electron chi connectivity index (χ2n) is 1.05. The van der Waals surface area contributed by atoms with E-state index in [1.165, 1.54) is 0 Å². The average Bonchev–Trinajstić information content (AvgIpc) is 2.09. The number of hydrogen-bond donors (Lipinski definition) is 0. The van der Waals surface area contributed by atoms with Gasteiger partial charge in [0.2, 0.25) is 0 Å². The molecule has 0 amide bonds. The Labute approximate surface area is 90.7 Å². The topological polar surface area (TPSA) is 80.3 Å². The molecule has 0 unspecified atom stereocenters. The molecule has 0 atom stereocenters. The summed E-state index contributed by atoms with van der Waals surface area (Å²) >= 11 is 0. The van der Waals surface area contributed by atoms with Gasteiger partial charge in [-0.05, 0) is 12.2 Å². The van der Waals surface area contributed by atoms with Gasteiger partial charge in [-0.2, -0.15) is 6.92 Å². The quantitative estimate of drug-likeness (QED) is 0.355. The molecule has 0 fully saturated rings. The van der Waals surface area contributed by atoms with Gasteiger partial charge < -0.3 is 26.7 Å². The van der Waals surface area contributed by atoms with Crippen LogP contribution in [0.1, 0.15) is 6.92 Å². The van der Waals surface area contributed by atoms with Gasteiger partial charge in [0.15, 0.2) is 0 Å². The fourth-order valence-corrected chi connectivity index (χ4v) is 0. The van der Waals surface area contributed by atoms with Crippen LogP contribution in [0.25, 0.3) is 0 Å². The number of carbonyl (C=O) groups excluding carboxylic acids is 2. The van der Waals surface area contributed by atoms with Crippen LogP contribution in [0, 0.1) is 6.92 Å². The predicted octanol–water partition coefficient (Wildman–Crippen LogP) is -1.32. The zero-order chi connectivity index (χ0) is 10.6. The van der Waals surface area contributed by atoms with Crippen molar-refractivity contribution in [2.45, 2.75) is 6.92 Å². The standard InChI is InChI=1S/2C3H4O2.C2H5.Ru/c2*1-2-3(4)5;1-2;/h2*2H,1H2,(H,4,5);1H2,2H3;/q;;-1;+3/p-2. The van der Waals surface area contributed by atoms with Crippen LogP contribution >= 0.6 is 0 Å². The van der Waals surface area contributed by atoms with Crippen LogP contribution in [-0.4, -0.2) is 11.9 Å². The maximum Gasteiger partial charge on any atom is 3.00 e. The molecule has 0 aliphatic carbocycles. The maximum absolute atomic E-state index is 9.14. The van der Waals surface area contributed by atoms with Crippen molar-refractivity contribution in [3.63, 3.8) is 0 Å². The Morgan fingerprint density at radius 3 is 1.15 bits per heavy atom. The molecule has 5 heteroatoms. The molecular formula is C8H11O4Ru. The summed E-state index contributed by atoms with van der Waals surface area (Å²) < 4.78 is 0. The van der Waals surface area contributed by atoms with Crippen molar-refractivity contribution in [1.29, 1.82) is 0 Å². The molecule has 0 aromatic carbocycles. The van der Waals surface area contributed by atoms with Crippen molar-refractivity contribution in [2.24, 2.45) is 0 Å². The third kappa shape index (κ3) is 97.5.